The van der Waals surface area contributed by atoms with Gasteiger partial charge in [0, 0.05) is 48.4 Å². The summed E-state index contributed by atoms with van der Waals surface area (Å²) in [4.78, 5) is 5.41. The van der Waals surface area contributed by atoms with Gasteiger partial charge in [0.15, 0.2) is 0 Å². The largest absolute Gasteiger partial charge is 0.311 e. The maximum atomic E-state index is 16.7. The third-order valence-corrected chi connectivity index (χ3v) is 16.2. The van der Waals surface area contributed by atoms with E-state index in [0.29, 0.717) is 5.69 Å². The number of fused-ring (bicyclic) bond motifs is 4. The number of rotatable bonds is 3. The van der Waals surface area contributed by atoms with Crippen molar-refractivity contribution in [3.05, 3.63) is 135 Å². The minimum absolute atomic E-state index is 0.00320. The van der Waals surface area contributed by atoms with Gasteiger partial charge in [-0.2, -0.15) is 0 Å². The molecular weight excluding hydrogens is 872 g/mol. The van der Waals surface area contributed by atoms with E-state index in [-0.39, 0.29) is 31.8 Å². The lowest BCUT2D eigenvalue weighted by Crippen LogP contribution is -2.56. The number of thiol groups is 1. The zero-order valence-corrected chi connectivity index (χ0v) is 40.4. The molecule has 0 N–H and O–H groups in total. The van der Waals surface area contributed by atoms with E-state index in [1.54, 1.807) is 6.07 Å². The molecule has 2 aliphatic carbocycles. The van der Waals surface area contributed by atoms with Crippen molar-refractivity contribution in [1.29, 1.82) is 0 Å². The summed E-state index contributed by atoms with van der Waals surface area (Å²) in [7, 11) is 0. The first-order valence-electron chi connectivity index (χ1n) is 21.7. The lowest BCUT2D eigenvalue weighted by Gasteiger charge is -2.48. The van der Waals surface area contributed by atoms with Crippen LogP contribution in [-0.4, -0.2) is 6.71 Å². The molecule has 0 radical (unpaired) electrons. The molecule has 60 heavy (non-hydrogen) atoms. The highest BCUT2D eigenvalue weighted by Gasteiger charge is 2.48. The zero-order chi connectivity index (χ0) is 43.2. The molecule has 0 saturated carbocycles. The first kappa shape index (κ1) is 41.8. The van der Waals surface area contributed by atoms with Crippen LogP contribution >= 0.6 is 35.2 Å². The molecule has 4 aliphatic rings. The second kappa shape index (κ2) is 13.7. The number of nitrogens with zero attached hydrogens (tertiary/aromatic N) is 2. The summed E-state index contributed by atoms with van der Waals surface area (Å²) in [5.74, 6) is -1.20. The average molecular weight is 931 g/mol. The molecule has 2 heterocycles. The molecule has 5 aromatic rings. The first-order valence-corrected chi connectivity index (χ1v) is 23.2. The Morgan fingerprint density at radius 1 is 0.633 bits per heavy atom. The number of hydrogen-bond donors (Lipinski definition) is 1. The van der Waals surface area contributed by atoms with Crippen LogP contribution < -0.4 is 20.7 Å². The molecular formula is C53H58BF2IN2S. The molecule has 0 spiro atoms. The molecule has 2 aliphatic heterocycles. The van der Waals surface area contributed by atoms with Crippen molar-refractivity contribution >= 4 is 87.0 Å². The Hall–Kier alpha value is -3.56. The van der Waals surface area contributed by atoms with Crippen molar-refractivity contribution in [2.75, 3.05) is 9.80 Å². The Kier molecular flexibility index (Phi) is 9.55. The first-order chi connectivity index (χ1) is 27.9. The maximum Gasteiger partial charge on any atom is 0.247 e. The van der Waals surface area contributed by atoms with Crippen LogP contribution in [0.5, 0.6) is 0 Å². The smallest absolute Gasteiger partial charge is 0.247 e. The van der Waals surface area contributed by atoms with Gasteiger partial charge < -0.3 is 9.80 Å². The summed E-state index contributed by atoms with van der Waals surface area (Å²) in [6, 6.07) is 27.3. The Bertz CT molecular complexity index is 2670. The van der Waals surface area contributed by atoms with E-state index >= 15 is 4.39 Å². The molecule has 5 aromatic carbocycles. The number of anilines is 5. The van der Waals surface area contributed by atoms with Gasteiger partial charge in [0.2, 0.25) is 6.71 Å². The zero-order valence-electron chi connectivity index (χ0n) is 37.4. The number of halogens is 3. The third kappa shape index (κ3) is 6.44. The Morgan fingerprint density at radius 2 is 1.20 bits per heavy atom. The fourth-order valence-electron chi connectivity index (χ4n) is 10.9. The number of allylic oxidation sites excluding steroid dienone is 1. The Labute approximate surface area is 376 Å². The fraction of sp³-hybridized carbons (Fsp3) is 0.396. The number of alkyl halides is 1. The van der Waals surface area contributed by atoms with E-state index in [4.69, 9.17) is 12.6 Å². The van der Waals surface area contributed by atoms with Crippen LogP contribution in [0.3, 0.4) is 0 Å². The van der Waals surface area contributed by atoms with E-state index in [0.717, 1.165) is 81.5 Å². The SMILES string of the molecule is CC1=C(c2cc3c(cc2S)C(C)(I)CCC3(C)C)N(c2ccc(F)cc2F)c2cc(C)cc3c2B1c1cc2c(cc1N3c1ccc(C(C)(C)C)cc1)C(C)(C)CCC2(C)C. The summed E-state index contributed by atoms with van der Waals surface area (Å²) < 4.78 is 31.5. The molecule has 1 unspecified atom stereocenters. The van der Waals surface area contributed by atoms with E-state index in [1.807, 2.05) is 0 Å². The predicted molar refractivity (Wildman–Crippen MR) is 263 cm³/mol. The second-order valence-electron chi connectivity index (χ2n) is 21.5. The van der Waals surface area contributed by atoms with Crippen LogP contribution in [0.2, 0.25) is 0 Å². The molecule has 0 bridgehead atoms. The van der Waals surface area contributed by atoms with E-state index in [9.17, 15) is 4.39 Å². The van der Waals surface area contributed by atoms with Crippen LogP contribution in [0.25, 0.3) is 5.70 Å². The average Bonchev–Trinajstić information content (AvgIpc) is 3.15. The number of aryl methyl sites for hydroxylation is 1. The molecule has 0 amide bonds. The Morgan fingerprint density at radius 3 is 1.80 bits per heavy atom. The van der Waals surface area contributed by atoms with Crippen molar-refractivity contribution in [1.82, 2.24) is 0 Å². The molecule has 0 fully saturated rings. The Balaban J connectivity index is 1.42. The molecule has 0 aromatic heterocycles. The topological polar surface area (TPSA) is 6.48 Å². The van der Waals surface area contributed by atoms with Gasteiger partial charge in [0.05, 0.1) is 5.69 Å². The normalized spacial score (nSPS) is 21.0. The quantitative estimate of drug-likeness (QED) is 0.0834. The van der Waals surface area contributed by atoms with E-state index < -0.39 is 11.6 Å². The van der Waals surface area contributed by atoms with Crippen LogP contribution in [-0.2, 0) is 25.1 Å². The van der Waals surface area contributed by atoms with Gasteiger partial charge in [0.1, 0.15) is 11.6 Å². The summed E-state index contributed by atoms with van der Waals surface area (Å²) in [6.45, 7) is 27.6. The van der Waals surface area contributed by atoms with Gasteiger partial charge in [-0.3, -0.25) is 0 Å². The summed E-state index contributed by atoms with van der Waals surface area (Å²) in [6.07, 6.45) is 4.36. The predicted octanol–water partition coefficient (Wildman–Crippen LogP) is 14.4. The highest BCUT2D eigenvalue weighted by Crippen LogP contribution is 2.55. The maximum absolute atomic E-state index is 16.7. The minimum Gasteiger partial charge on any atom is -0.311 e. The van der Waals surface area contributed by atoms with Crippen LogP contribution in [0, 0.1) is 18.6 Å². The van der Waals surface area contributed by atoms with E-state index in [2.05, 4.69) is 176 Å². The van der Waals surface area contributed by atoms with Gasteiger partial charge >= 0.3 is 0 Å². The summed E-state index contributed by atoms with van der Waals surface area (Å²) in [5.41, 5.74) is 17.7. The van der Waals surface area contributed by atoms with Crippen LogP contribution in [0.4, 0.5) is 37.2 Å². The highest BCUT2D eigenvalue weighted by atomic mass is 127. The van der Waals surface area contributed by atoms with E-state index in [1.165, 1.54) is 45.0 Å². The molecule has 7 heteroatoms. The van der Waals surface area contributed by atoms with Gasteiger partial charge in [-0.25, -0.2) is 8.78 Å². The number of hydrogen-bond acceptors (Lipinski definition) is 3. The fourth-order valence-corrected chi connectivity index (χ4v) is 11.9. The lowest BCUT2D eigenvalue weighted by atomic mass is 9.32. The van der Waals surface area contributed by atoms with Crippen molar-refractivity contribution in [2.45, 2.75) is 139 Å². The molecule has 1 atom stereocenters. The van der Waals surface area contributed by atoms with Gasteiger partial charge in [-0.15, -0.1) is 12.6 Å². The second-order valence-corrected chi connectivity index (χ2v) is 24.3. The standard InChI is InChI=1S/C53H58BF2IN2S/c1-30-23-44-47-45(24-30)59(42-18-15-33(55)25-41(42)56)48(35-26-36-39(29-46(35)60)53(12,57)22-21-52(36,10)11)31(2)54(47)40-27-37-38(51(8,9)20-19-50(37,6)7)28-43(40)58(44)34-16-13-32(14-17-34)49(3,4)5/h13-18,23-29,60H,19-22H2,1-12H3. The van der Waals surface area contributed by atoms with Crippen molar-refractivity contribution in [3.63, 3.8) is 0 Å². The summed E-state index contributed by atoms with van der Waals surface area (Å²) in [5, 5.41) is 0. The molecule has 0 saturated heterocycles. The number of benzene rings is 5. The van der Waals surface area contributed by atoms with Crippen molar-refractivity contribution in [3.8, 4) is 0 Å². The van der Waals surface area contributed by atoms with Gasteiger partial charge in [-0.05, 0) is 167 Å². The van der Waals surface area contributed by atoms with Crippen LogP contribution in [0.1, 0.15) is 141 Å². The van der Waals surface area contributed by atoms with Crippen LogP contribution in [0.15, 0.2) is 89.2 Å². The minimum atomic E-state index is -0.600. The third-order valence-electron chi connectivity index (χ3n) is 14.7. The monoisotopic (exact) mass is 930 g/mol. The molecule has 9 rings (SSSR count). The van der Waals surface area contributed by atoms with Crippen molar-refractivity contribution < 1.29 is 8.78 Å². The molecule has 310 valence electrons. The van der Waals surface area contributed by atoms with Gasteiger partial charge in [0.25, 0.3) is 0 Å². The summed E-state index contributed by atoms with van der Waals surface area (Å²) >= 11 is 7.94. The van der Waals surface area contributed by atoms with Gasteiger partial charge in [-0.1, -0.05) is 109 Å². The molecule has 2 nitrogen and oxygen atoms in total. The lowest BCUT2D eigenvalue weighted by molar-refractivity contribution is 0.332. The van der Waals surface area contributed by atoms with Crippen molar-refractivity contribution in [2.24, 2.45) is 0 Å². The highest BCUT2D eigenvalue weighted by molar-refractivity contribution is 14.1.